The highest BCUT2D eigenvalue weighted by Gasteiger charge is 2.12. The molecule has 8 heteroatoms. The minimum Gasteiger partial charge on any atom is -0.434 e. The van der Waals surface area contributed by atoms with Gasteiger partial charge in [-0.3, -0.25) is 0 Å². The topological polar surface area (TPSA) is 52.8 Å². The van der Waals surface area contributed by atoms with Crippen molar-refractivity contribution in [1.82, 2.24) is 20.2 Å². The zero-order chi connectivity index (χ0) is 16.2. The molecule has 0 unspecified atom stereocenters. The van der Waals surface area contributed by atoms with E-state index in [1.54, 1.807) is 42.5 Å². The summed E-state index contributed by atoms with van der Waals surface area (Å²) in [5.41, 5.74) is 1.25. The van der Waals surface area contributed by atoms with Crippen molar-refractivity contribution in [3.05, 3.63) is 59.1 Å². The van der Waals surface area contributed by atoms with Gasteiger partial charge in [0.25, 0.3) is 0 Å². The summed E-state index contributed by atoms with van der Waals surface area (Å²) in [7, 11) is 0. The van der Waals surface area contributed by atoms with E-state index in [1.165, 1.54) is 10.9 Å². The van der Waals surface area contributed by atoms with Gasteiger partial charge in [-0.05, 0) is 23.4 Å². The second-order valence-electron chi connectivity index (χ2n) is 4.64. The first kappa shape index (κ1) is 15.4. The van der Waals surface area contributed by atoms with Crippen molar-refractivity contribution >= 4 is 11.6 Å². The van der Waals surface area contributed by atoms with E-state index in [9.17, 15) is 8.78 Å². The Labute approximate surface area is 135 Å². The molecule has 3 aromatic rings. The molecule has 2 aromatic carbocycles. The lowest BCUT2D eigenvalue weighted by molar-refractivity contribution is -0.0505. The Kier molecular flexibility index (Phi) is 4.47. The van der Waals surface area contributed by atoms with Gasteiger partial charge in [0.15, 0.2) is 0 Å². The average molecular weight is 337 g/mol. The minimum absolute atomic E-state index is 0.0871. The Morgan fingerprint density at radius 2 is 1.96 bits per heavy atom. The van der Waals surface area contributed by atoms with Gasteiger partial charge in [0.05, 0.1) is 6.54 Å². The minimum atomic E-state index is -2.89. The maximum Gasteiger partial charge on any atom is 0.387 e. The first-order valence-electron chi connectivity index (χ1n) is 6.68. The van der Waals surface area contributed by atoms with Gasteiger partial charge in [0, 0.05) is 16.1 Å². The molecule has 0 atom stereocenters. The van der Waals surface area contributed by atoms with Crippen LogP contribution in [0.2, 0.25) is 5.02 Å². The van der Waals surface area contributed by atoms with E-state index in [4.69, 9.17) is 11.6 Å². The molecule has 0 aliphatic heterocycles. The summed E-state index contributed by atoms with van der Waals surface area (Å²) < 4.78 is 29.3. The van der Waals surface area contributed by atoms with Gasteiger partial charge in [0.2, 0.25) is 5.82 Å². The Morgan fingerprint density at radius 3 is 2.74 bits per heavy atom. The Bertz CT molecular complexity index is 809. The van der Waals surface area contributed by atoms with Crippen molar-refractivity contribution in [2.24, 2.45) is 0 Å². The Hall–Kier alpha value is -2.54. The van der Waals surface area contributed by atoms with E-state index < -0.39 is 6.61 Å². The molecule has 0 saturated carbocycles. The molecule has 1 aromatic heterocycles. The maximum atomic E-state index is 12.4. The van der Waals surface area contributed by atoms with E-state index >= 15 is 0 Å². The monoisotopic (exact) mass is 336 g/mol. The first-order valence-corrected chi connectivity index (χ1v) is 7.06. The highest BCUT2D eigenvalue weighted by atomic mass is 35.5. The number of hydrogen-bond acceptors (Lipinski definition) is 4. The number of para-hydroxylation sites is 1. The SMILES string of the molecule is FC(F)Oc1ccccc1Cn1nnc(-c2cccc(Cl)c2)n1. The fourth-order valence-corrected chi connectivity index (χ4v) is 2.24. The number of aromatic nitrogens is 4. The van der Waals surface area contributed by atoms with Gasteiger partial charge >= 0.3 is 6.61 Å². The van der Waals surface area contributed by atoms with Gasteiger partial charge in [0.1, 0.15) is 5.75 Å². The van der Waals surface area contributed by atoms with Crippen LogP contribution >= 0.6 is 11.6 Å². The summed E-state index contributed by atoms with van der Waals surface area (Å²) in [5.74, 6) is 0.490. The Morgan fingerprint density at radius 1 is 1.13 bits per heavy atom. The van der Waals surface area contributed by atoms with Crippen LogP contribution in [0.25, 0.3) is 11.4 Å². The fraction of sp³-hybridized carbons (Fsp3) is 0.133. The van der Waals surface area contributed by atoms with Crippen LogP contribution in [0.3, 0.4) is 0 Å². The molecule has 0 spiro atoms. The molecule has 0 aliphatic rings. The van der Waals surface area contributed by atoms with Crippen molar-refractivity contribution in [3.8, 4) is 17.1 Å². The Balaban J connectivity index is 1.82. The van der Waals surface area contributed by atoms with E-state index in [2.05, 4.69) is 20.1 Å². The molecule has 1 heterocycles. The number of benzene rings is 2. The zero-order valence-corrected chi connectivity index (χ0v) is 12.5. The molecule has 118 valence electrons. The lowest BCUT2D eigenvalue weighted by Gasteiger charge is -2.09. The van der Waals surface area contributed by atoms with Crippen LogP contribution in [-0.2, 0) is 6.54 Å². The predicted molar refractivity (Wildman–Crippen MR) is 80.4 cm³/mol. The molecule has 0 amide bonds. The maximum absolute atomic E-state index is 12.4. The molecule has 0 aliphatic carbocycles. The van der Waals surface area contributed by atoms with Gasteiger partial charge in [-0.15, -0.1) is 10.2 Å². The number of nitrogens with zero attached hydrogens (tertiary/aromatic N) is 4. The van der Waals surface area contributed by atoms with Crippen LogP contribution in [0.4, 0.5) is 8.78 Å². The second-order valence-corrected chi connectivity index (χ2v) is 5.08. The van der Waals surface area contributed by atoms with Gasteiger partial charge in [-0.2, -0.15) is 13.6 Å². The predicted octanol–water partition coefficient (Wildman–Crippen LogP) is 3.64. The third kappa shape index (κ3) is 3.81. The van der Waals surface area contributed by atoms with Crippen LogP contribution in [0.5, 0.6) is 5.75 Å². The molecule has 23 heavy (non-hydrogen) atoms. The van der Waals surface area contributed by atoms with Gasteiger partial charge in [-0.25, -0.2) is 0 Å². The normalized spacial score (nSPS) is 11.0. The average Bonchev–Trinajstić information content (AvgIpc) is 2.97. The van der Waals surface area contributed by atoms with E-state index in [0.717, 1.165) is 5.56 Å². The summed E-state index contributed by atoms with van der Waals surface area (Å²) in [6.07, 6.45) is 0. The molecular formula is C15H11ClF2N4O. The van der Waals surface area contributed by atoms with Gasteiger partial charge in [-0.1, -0.05) is 41.9 Å². The lowest BCUT2D eigenvalue weighted by atomic mass is 10.2. The fourth-order valence-electron chi connectivity index (χ4n) is 2.05. The summed E-state index contributed by atoms with van der Waals surface area (Å²) in [6.45, 7) is -2.72. The molecule has 5 nitrogen and oxygen atoms in total. The highest BCUT2D eigenvalue weighted by Crippen LogP contribution is 2.22. The smallest absolute Gasteiger partial charge is 0.387 e. The van der Waals surface area contributed by atoms with E-state index in [0.29, 0.717) is 16.4 Å². The van der Waals surface area contributed by atoms with Crippen LogP contribution in [-0.4, -0.2) is 26.8 Å². The van der Waals surface area contributed by atoms with Crippen molar-refractivity contribution < 1.29 is 13.5 Å². The van der Waals surface area contributed by atoms with Gasteiger partial charge < -0.3 is 4.74 Å². The molecule has 0 radical (unpaired) electrons. The number of tetrazole rings is 1. The van der Waals surface area contributed by atoms with E-state index in [1.807, 2.05) is 0 Å². The quantitative estimate of drug-likeness (QED) is 0.713. The number of halogens is 3. The third-order valence-electron chi connectivity index (χ3n) is 3.04. The molecule has 0 saturated heterocycles. The summed E-state index contributed by atoms with van der Waals surface area (Å²) in [4.78, 5) is 1.31. The molecule has 0 fully saturated rings. The zero-order valence-electron chi connectivity index (χ0n) is 11.7. The number of ether oxygens (including phenoxy) is 1. The van der Waals surface area contributed by atoms with Crippen molar-refractivity contribution in [2.45, 2.75) is 13.2 Å². The summed E-state index contributed by atoms with van der Waals surface area (Å²) >= 11 is 5.93. The molecule has 0 bridgehead atoms. The molecule has 0 N–H and O–H groups in total. The highest BCUT2D eigenvalue weighted by molar-refractivity contribution is 6.30. The van der Waals surface area contributed by atoms with E-state index in [-0.39, 0.29) is 12.3 Å². The molecule has 3 rings (SSSR count). The number of rotatable bonds is 5. The second kappa shape index (κ2) is 6.70. The van der Waals surface area contributed by atoms with Crippen LogP contribution < -0.4 is 4.74 Å². The number of hydrogen-bond donors (Lipinski definition) is 0. The van der Waals surface area contributed by atoms with Crippen molar-refractivity contribution in [2.75, 3.05) is 0 Å². The third-order valence-corrected chi connectivity index (χ3v) is 3.27. The van der Waals surface area contributed by atoms with Crippen LogP contribution in [0, 0.1) is 0 Å². The summed E-state index contributed by atoms with van der Waals surface area (Å²) in [5, 5.41) is 12.7. The van der Waals surface area contributed by atoms with Crippen LogP contribution in [0.15, 0.2) is 48.5 Å². The first-order chi connectivity index (χ1) is 11.1. The lowest BCUT2D eigenvalue weighted by Crippen LogP contribution is -2.09. The van der Waals surface area contributed by atoms with Crippen molar-refractivity contribution in [3.63, 3.8) is 0 Å². The summed E-state index contributed by atoms with van der Waals surface area (Å²) in [6, 6.07) is 13.5. The molecular weight excluding hydrogens is 326 g/mol. The van der Waals surface area contributed by atoms with Crippen molar-refractivity contribution in [1.29, 1.82) is 0 Å². The number of alkyl halides is 2. The largest absolute Gasteiger partial charge is 0.434 e. The van der Waals surface area contributed by atoms with Crippen LogP contribution in [0.1, 0.15) is 5.56 Å². The standard InChI is InChI=1S/C15H11ClF2N4O/c16-12-6-3-5-10(8-12)14-19-21-22(20-14)9-11-4-1-2-7-13(11)23-15(17)18/h1-8,15H,9H2.